The van der Waals surface area contributed by atoms with Crippen molar-refractivity contribution in [1.82, 2.24) is 0 Å². The van der Waals surface area contributed by atoms with Gasteiger partial charge in [0.1, 0.15) is 6.54 Å². The molecule has 1 N–H and O–H groups in total. The van der Waals surface area contributed by atoms with Crippen molar-refractivity contribution in [1.29, 1.82) is 0 Å². The van der Waals surface area contributed by atoms with Crippen LogP contribution in [0.25, 0.3) is 0 Å². The molecular formula is C42H80NO3+. The summed E-state index contributed by atoms with van der Waals surface area (Å²) in [5.74, 6) is -0.0863. The molecule has 0 aromatic carbocycles. The fourth-order valence-corrected chi connectivity index (χ4v) is 6.56. The fourth-order valence-electron chi connectivity index (χ4n) is 6.56. The van der Waals surface area contributed by atoms with Crippen LogP contribution in [0, 0.1) is 5.41 Å². The molecule has 0 amide bonds. The van der Waals surface area contributed by atoms with Gasteiger partial charge >= 0.3 is 0 Å². The van der Waals surface area contributed by atoms with Gasteiger partial charge < -0.3 is 9.59 Å². The van der Waals surface area contributed by atoms with Gasteiger partial charge in [-0.05, 0) is 64.2 Å². The van der Waals surface area contributed by atoms with Gasteiger partial charge in [0.05, 0.1) is 27.7 Å². The molecular weight excluding hydrogens is 566 g/mol. The normalized spacial score (nSPS) is 12.6. The summed E-state index contributed by atoms with van der Waals surface area (Å²) in [5.41, 5.74) is -1.25. The predicted molar refractivity (Wildman–Crippen MR) is 201 cm³/mol. The predicted octanol–water partition coefficient (Wildman–Crippen LogP) is 11.9. The van der Waals surface area contributed by atoms with Crippen LogP contribution in [0.3, 0.4) is 0 Å². The number of aliphatic hydroxyl groups excluding tert-OH is 1. The SMILES string of the molecule is CCCCCCCC/C=C\CCCCCCCC(=O)C(CO)(C[N+](C)(C)C)C(=O)CCCCCCC/C=C\CCCCCCCC. The summed E-state index contributed by atoms with van der Waals surface area (Å²) in [6, 6.07) is 0. The summed E-state index contributed by atoms with van der Waals surface area (Å²) in [5, 5.41) is 10.5. The molecule has 0 aliphatic heterocycles. The zero-order valence-corrected chi connectivity index (χ0v) is 31.7. The molecule has 4 nitrogen and oxygen atoms in total. The van der Waals surface area contributed by atoms with Crippen molar-refractivity contribution in [3.63, 3.8) is 0 Å². The molecule has 0 saturated heterocycles. The number of rotatable bonds is 35. The lowest BCUT2D eigenvalue weighted by Crippen LogP contribution is -2.55. The van der Waals surface area contributed by atoms with Crippen LogP contribution >= 0.6 is 0 Å². The highest BCUT2D eigenvalue weighted by Crippen LogP contribution is 2.28. The number of ketones is 2. The first kappa shape index (κ1) is 44.7. The van der Waals surface area contributed by atoms with E-state index in [4.69, 9.17) is 0 Å². The van der Waals surface area contributed by atoms with E-state index in [0.717, 1.165) is 51.4 Å². The number of nitrogens with zero attached hydrogens (tertiary/aromatic N) is 1. The number of aliphatic hydroxyl groups is 1. The first-order valence-electron chi connectivity index (χ1n) is 20.0. The van der Waals surface area contributed by atoms with E-state index in [-0.39, 0.29) is 18.2 Å². The Bertz CT molecular complexity index is 711. The summed E-state index contributed by atoms with van der Waals surface area (Å²) in [6.07, 6.45) is 41.9. The number of hydrogen-bond donors (Lipinski definition) is 1. The quantitative estimate of drug-likeness (QED) is 0.0322. The van der Waals surface area contributed by atoms with Crippen molar-refractivity contribution in [2.45, 2.75) is 194 Å². The van der Waals surface area contributed by atoms with E-state index in [1.165, 1.54) is 116 Å². The molecule has 0 spiro atoms. The zero-order chi connectivity index (χ0) is 34.2. The monoisotopic (exact) mass is 647 g/mol. The van der Waals surface area contributed by atoms with Crippen LogP contribution in [0.15, 0.2) is 24.3 Å². The molecule has 0 saturated carbocycles. The number of carbonyl (C=O) groups is 2. The van der Waals surface area contributed by atoms with E-state index in [9.17, 15) is 14.7 Å². The van der Waals surface area contributed by atoms with Crippen LogP contribution in [-0.4, -0.2) is 55.5 Å². The van der Waals surface area contributed by atoms with Crippen LogP contribution in [0.2, 0.25) is 0 Å². The summed E-state index contributed by atoms with van der Waals surface area (Å²) >= 11 is 0. The molecule has 0 heterocycles. The number of carbonyl (C=O) groups excluding carboxylic acids is 2. The molecule has 0 unspecified atom stereocenters. The Labute approximate surface area is 287 Å². The van der Waals surface area contributed by atoms with Gasteiger partial charge in [-0.3, -0.25) is 9.59 Å². The van der Waals surface area contributed by atoms with Crippen molar-refractivity contribution < 1.29 is 19.2 Å². The first-order valence-corrected chi connectivity index (χ1v) is 20.0. The zero-order valence-electron chi connectivity index (χ0n) is 31.7. The molecule has 46 heavy (non-hydrogen) atoms. The summed E-state index contributed by atoms with van der Waals surface area (Å²) < 4.78 is 0.497. The smallest absolute Gasteiger partial charge is 0.159 e. The lowest BCUT2D eigenvalue weighted by Gasteiger charge is -2.36. The highest BCUT2D eigenvalue weighted by atomic mass is 16.3. The van der Waals surface area contributed by atoms with Gasteiger partial charge in [0.25, 0.3) is 0 Å². The number of hydrogen-bond acceptors (Lipinski definition) is 3. The van der Waals surface area contributed by atoms with E-state index < -0.39 is 5.41 Å². The molecule has 0 aromatic heterocycles. The van der Waals surface area contributed by atoms with Crippen molar-refractivity contribution >= 4 is 11.6 Å². The lowest BCUT2D eigenvalue weighted by atomic mass is 9.75. The number of unbranched alkanes of at least 4 members (excludes halogenated alkanes) is 22. The largest absolute Gasteiger partial charge is 0.395 e. The molecule has 0 atom stereocenters. The van der Waals surface area contributed by atoms with E-state index in [0.29, 0.717) is 23.9 Å². The Kier molecular flexibility index (Phi) is 30.2. The third kappa shape index (κ3) is 25.8. The number of quaternary nitrogens is 1. The van der Waals surface area contributed by atoms with Crippen molar-refractivity contribution in [2.24, 2.45) is 5.41 Å². The Morgan fingerprint density at radius 1 is 0.478 bits per heavy atom. The van der Waals surface area contributed by atoms with Crippen LogP contribution in [0.5, 0.6) is 0 Å². The standard InChI is InChI=1S/C42H80NO3/c1-6-8-10-12-14-16-18-20-22-24-26-28-30-32-34-36-40(45)42(39-44,38-43(3,4)5)41(46)37-35-33-31-29-27-25-23-21-19-17-15-13-11-9-7-2/h20-23,44H,6-19,24-39H2,1-5H3/q+1/b22-20-,23-21-. The van der Waals surface area contributed by atoms with E-state index in [2.05, 4.69) is 38.2 Å². The molecule has 4 heteroatoms. The minimum absolute atomic E-state index is 0.0431. The average Bonchev–Trinajstić information content (AvgIpc) is 3.02. The molecule has 0 fully saturated rings. The molecule has 0 aliphatic rings. The average molecular weight is 647 g/mol. The van der Waals surface area contributed by atoms with Crippen LogP contribution in [-0.2, 0) is 9.59 Å². The van der Waals surface area contributed by atoms with Gasteiger partial charge in [0, 0.05) is 12.8 Å². The van der Waals surface area contributed by atoms with Crippen molar-refractivity contribution in [2.75, 3.05) is 34.3 Å². The summed E-state index contributed by atoms with van der Waals surface area (Å²) in [7, 11) is 6.03. The van der Waals surface area contributed by atoms with E-state index in [1.807, 2.05) is 21.1 Å². The van der Waals surface area contributed by atoms with Gasteiger partial charge in [0.15, 0.2) is 17.0 Å². The second kappa shape index (κ2) is 31.0. The summed E-state index contributed by atoms with van der Waals surface area (Å²) in [4.78, 5) is 27.0. The van der Waals surface area contributed by atoms with Crippen LogP contribution < -0.4 is 0 Å². The van der Waals surface area contributed by atoms with Crippen LogP contribution in [0.4, 0.5) is 0 Å². The number of Topliss-reactive ketones (excluding diaryl/α,β-unsaturated/α-hetero) is 2. The minimum atomic E-state index is -1.25. The highest BCUT2D eigenvalue weighted by Gasteiger charge is 2.47. The Morgan fingerprint density at radius 2 is 0.761 bits per heavy atom. The third-order valence-corrected chi connectivity index (χ3v) is 9.41. The van der Waals surface area contributed by atoms with Gasteiger partial charge in [-0.1, -0.05) is 141 Å². The molecule has 0 aromatic rings. The highest BCUT2D eigenvalue weighted by molar-refractivity contribution is 6.07. The Morgan fingerprint density at radius 3 is 1.04 bits per heavy atom. The third-order valence-electron chi connectivity index (χ3n) is 9.41. The van der Waals surface area contributed by atoms with Crippen LogP contribution in [0.1, 0.15) is 194 Å². The maximum Gasteiger partial charge on any atom is 0.159 e. The molecule has 0 aliphatic carbocycles. The minimum Gasteiger partial charge on any atom is -0.395 e. The number of allylic oxidation sites excluding steroid dienone is 4. The molecule has 0 radical (unpaired) electrons. The van der Waals surface area contributed by atoms with Crippen molar-refractivity contribution in [3.05, 3.63) is 24.3 Å². The van der Waals surface area contributed by atoms with Crippen molar-refractivity contribution in [3.8, 4) is 0 Å². The van der Waals surface area contributed by atoms with E-state index in [1.54, 1.807) is 0 Å². The van der Waals surface area contributed by atoms with Gasteiger partial charge in [-0.15, -0.1) is 0 Å². The van der Waals surface area contributed by atoms with Gasteiger partial charge in [-0.25, -0.2) is 0 Å². The fraction of sp³-hybridized carbons (Fsp3) is 0.857. The first-order chi connectivity index (χ1) is 22.2. The Hall–Kier alpha value is -1.26. The lowest BCUT2D eigenvalue weighted by molar-refractivity contribution is -0.874. The Balaban J connectivity index is 4.26. The van der Waals surface area contributed by atoms with Gasteiger partial charge in [0.2, 0.25) is 0 Å². The van der Waals surface area contributed by atoms with E-state index >= 15 is 0 Å². The second-order valence-corrected chi connectivity index (χ2v) is 15.2. The molecule has 0 bridgehead atoms. The second-order valence-electron chi connectivity index (χ2n) is 15.2. The summed E-state index contributed by atoms with van der Waals surface area (Å²) in [6.45, 7) is 4.54. The van der Waals surface area contributed by atoms with Gasteiger partial charge in [-0.2, -0.15) is 0 Å². The molecule has 0 rings (SSSR count). The maximum absolute atomic E-state index is 13.5. The topological polar surface area (TPSA) is 54.4 Å². The molecule has 270 valence electrons. The maximum atomic E-state index is 13.5.